The Morgan fingerprint density at radius 1 is 1.03 bits per heavy atom. The van der Waals surface area contributed by atoms with Crippen molar-refractivity contribution in [3.8, 4) is 5.75 Å². The third-order valence-corrected chi connectivity index (χ3v) is 6.77. The van der Waals surface area contributed by atoms with Crippen molar-refractivity contribution < 1.29 is 24.2 Å². The van der Waals surface area contributed by atoms with Crippen LogP contribution in [0.4, 0.5) is 0 Å². The van der Waals surface area contributed by atoms with Crippen LogP contribution in [0.5, 0.6) is 5.75 Å². The topological polar surface area (TPSA) is 120 Å². The maximum Gasteiger partial charge on any atom is 0.245 e. The third-order valence-electron chi connectivity index (χ3n) is 6.77. The number of amides is 3. The molecular formula is C30H44N4O5. The molecule has 3 atom stereocenters. The van der Waals surface area contributed by atoms with E-state index in [9.17, 15) is 19.5 Å². The number of fused-ring (bicyclic) bond motifs is 1. The average Bonchev–Trinajstić information content (AvgIpc) is 2.94. The smallest absolute Gasteiger partial charge is 0.245 e. The lowest BCUT2D eigenvalue weighted by Crippen LogP contribution is -2.57. The molecule has 2 aromatic carbocycles. The molecule has 214 valence electrons. The van der Waals surface area contributed by atoms with Gasteiger partial charge < -0.3 is 30.7 Å². The van der Waals surface area contributed by atoms with Gasteiger partial charge in [0.1, 0.15) is 18.4 Å². The molecule has 0 aliphatic carbocycles. The van der Waals surface area contributed by atoms with Crippen LogP contribution in [0.25, 0.3) is 0 Å². The number of para-hydroxylation sites is 1. The van der Waals surface area contributed by atoms with Crippen LogP contribution in [0.3, 0.4) is 0 Å². The number of aliphatic hydroxyl groups excluding tert-OH is 1. The molecule has 3 amide bonds. The molecule has 1 heterocycles. The summed E-state index contributed by atoms with van der Waals surface area (Å²) >= 11 is 0. The van der Waals surface area contributed by atoms with Crippen LogP contribution in [0.15, 0.2) is 54.6 Å². The zero-order valence-corrected chi connectivity index (χ0v) is 23.6. The fourth-order valence-electron chi connectivity index (χ4n) is 4.14. The number of aryl methyl sites for hydroxylation is 2. The summed E-state index contributed by atoms with van der Waals surface area (Å²) in [6.07, 6.45) is 2.23. The van der Waals surface area contributed by atoms with E-state index in [1.165, 1.54) is 17.5 Å². The quantitative estimate of drug-likeness (QED) is 0.473. The van der Waals surface area contributed by atoms with E-state index < -0.39 is 24.6 Å². The van der Waals surface area contributed by atoms with Crippen molar-refractivity contribution in [2.45, 2.75) is 52.1 Å². The molecule has 0 saturated carbocycles. The van der Waals surface area contributed by atoms with Crippen LogP contribution in [-0.2, 0) is 20.8 Å². The summed E-state index contributed by atoms with van der Waals surface area (Å²) in [5.41, 5.74) is 2.37. The van der Waals surface area contributed by atoms with Gasteiger partial charge in [-0.2, -0.15) is 0 Å². The highest BCUT2D eigenvalue weighted by molar-refractivity contribution is 5.92. The van der Waals surface area contributed by atoms with Crippen molar-refractivity contribution in [2.75, 3.05) is 39.9 Å². The maximum atomic E-state index is 13.2. The van der Waals surface area contributed by atoms with Crippen molar-refractivity contribution in [2.24, 2.45) is 5.92 Å². The molecule has 9 nitrogen and oxygen atoms in total. The Bertz CT molecular complexity index is 1030. The lowest BCUT2D eigenvalue weighted by Gasteiger charge is -2.32. The third kappa shape index (κ3) is 10.7. The van der Waals surface area contributed by atoms with Crippen molar-refractivity contribution in [1.82, 2.24) is 20.9 Å². The molecule has 9 heteroatoms. The first-order chi connectivity index (χ1) is 18.8. The highest BCUT2D eigenvalue weighted by Crippen LogP contribution is 2.19. The molecule has 0 aromatic heterocycles. The van der Waals surface area contributed by atoms with Gasteiger partial charge in [0.2, 0.25) is 17.7 Å². The molecule has 3 rings (SSSR count). The van der Waals surface area contributed by atoms with Crippen LogP contribution in [-0.4, -0.2) is 79.7 Å². The predicted octanol–water partition coefficient (Wildman–Crippen LogP) is 2.06. The minimum Gasteiger partial charge on any atom is -0.492 e. The highest BCUT2D eigenvalue weighted by atomic mass is 16.5. The monoisotopic (exact) mass is 540 g/mol. The van der Waals surface area contributed by atoms with Gasteiger partial charge in [-0.05, 0) is 37.3 Å². The highest BCUT2D eigenvalue weighted by Gasteiger charge is 2.33. The standard InChI is InChI=1S/C23H36N4O5.C7H8/c1-4-16(2)21-23(31)27(3)18(15-28)22(30)26-14-20(29)24-11-7-9-17-8-5-6-10-19(17)32-13-12-25-21;1-7-5-3-2-4-6-7/h5-6,8,10,16,18,21,25,28H,4,7,9,11-15H2,1-3H3,(H,24,29)(H,26,30);2-6H,1H3. The fraction of sp³-hybridized carbons (Fsp3) is 0.500. The van der Waals surface area contributed by atoms with Gasteiger partial charge in [0.05, 0.1) is 19.2 Å². The maximum absolute atomic E-state index is 13.2. The van der Waals surface area contributed by atoms with E-state index in [1.54, 1.807) is 0 Å². The number of nitrogens with zero attached hydrogens (tertiary/aromatic N) is 1. The Morgan fingerprint density at radius 2 is 1.72 bits per heavy atom. The summed E-state index contributed by atoms with van der Waals surface area (Å²) in [4.78, 5) is 39.0. The van der Waals surface area contributed by atoms with E-state index in [1.807, 2.05) is 56.3 Å². The summed E-state index contributed by atoms with van der Waals surface area (Å²) in [6, 6.07) is 16.4. The van der Waals surface area contributed by atoms with Crippen LogP contribution in [0.1, 0.15) is 37.8 Å². The molecule has 39 heavy (non-hydrogen) atoms. The molecule has 0 saturated heterocycles. The zero-order valence-electron chi connectivity index (χ0n) is 23.6. The molecule has 0 radical (unpaired) electrons. The Labute approximate surface area is 232 Å². The van der Waals surface area contributed by atoms with Crippen LogP contribution < -0.4 is 20.7 Å². The van der Waals surface area contributed by atoms with E-state index in [0.717, 1.165) is 30.6 Å². The first-order valence-corrected chi connectivity index (χ1v) is 13.7. The fourth-order valence-corrected chi connectivity index (χ4v) is 4.14. The van der Waals surface area contributed by atoms with Gasteiger partial charge in [0.15, 0.2) is 0 Å². The van der Waals surface area contributed by atoms with Crippen molar-refractivity contribution in [3.05, 3.63) is 65.7 Å². The average molecular weight is 541 g/mol. The summed E-state index contributed by atoms with van der Waals surface area (Å²) < 4.78 is 5.96. The molecular weight excluding hydrogens is 496 g/mol. The van der Waals surface area contributed by atoms with Crippen LogP contribution >= 0.6 is 0 Å². The molecule has 0 fully saturated rings. The van der Waals surface area contributed by atoms with Crippen molar-refractivity contribution in [1.29, 1.82) is 0 Å². The largest absolute Gasteiger partial charge is 0.492 e. The number of nitrogens with one attached hydrogen (secondary N) is 3. The Kier molecular flexibility index (Phi) is 14.0. The zero-order chi connectivity index (χ0) is 28.6. The van der Waals surface area contributed by atoms with Gasteiger partial charge in [-0.1, -0.05) is 74.4 Å². The summed E-state index contributed by atoms with van der Waals surface area (Å²) in [5, 5.41) is 18.3. The Balaban J connectivity index is 0.000000658. The molecule has 2 aromatic rings. The number of carbonyl (C=O) groups is 3. The lowest BCUT2D eigenvalue weighted by molar-refractivity contribution is -0.143. The lowest BCUT2D eigenvalue weighted by atomic mass is 9.97. The molecule has 0 spiro atoms. The molecule has 0 bridgehead atoms. The second kappa shape index (κ2) is 17.2. The minimum absolute atomic E-state index is 0.0102. The summed E-state index contributed by atoms with van der Waals surface area (Å²) in [7, 11) is 1.49. The second-order valence-corrected chi connectivity index (χ2v) is 9.75. The molecule has 1 aliphatic rings. The van der Waals surface area contributed by atoms with Crippen LogP contribution in [0.2, 0.25) is 0 Å². The van der Waals surface area contributed by atoms with E-state index in [0.29, 0.717) is 19.7 Å². The van der Waals surface area contributed by atoms with Gasteiger partial charge in [-0.15, -0.1) is 0 Å². The van der Waals surface area contributed by atoms with Gasteiger partial charge in [0.25, 0.3) is 0 Å². The Morgan fingerprint density at radius 3 is 2.36 bits per heavy atom. The normalized spacial score (nSPS) is 20.5. The van der Waals surface area contributed by atoms with Gasteiger partial charge in [-0.3, -0.25) is 14.4 Å². The number of hydrogen-bond donors (Lipinski definition) is 4. The van der Waals surface area contributed by atoms with Gasteiger partial charge in [-0.25, -0.2) is 0 Å². The first-order valence-electron chi connectivity index (χ1n) is 13.7. The van der Waals surface area contributed by atoms with E-state index in [4.69, 9.17) is 4.74 Å². The van der Waals surface area contributed by atoms with Crippen LogP contribution in [0, 0.1) is 12.8 Å². The number of aliphatic hydroxyl groups is 1. The number of likely N-dealkylation sites (N-methyl/N-ethyl adjacent to an activating group) is 1. The number of hydrogen-bond acceptors (Lipinski definition) is 6. The SMILES string of the molecule is CCC(C)C1NCCOc2ccccc2CCCNC(=O)CNC(=O)C(CO)N(C)C1=O.Cc1ccccc1. The number of benzene rings is 2. The van der Waals surface area contributed by atoms with Gasteiger partial charge in [0, 0.05) is 20.1 Å². The summed E-state index contributed by atoms with van der Waals surface area (Å²) in [5.74, 6) is -0.387. The predicted molar refractivity (Wildman–Crippen MR) is 152 cm³/mol. The Hall–Kier alpha value is -3.43. The van der Waals surface area contributed by atoms with E-state index >= 15 is 0 Å². The van der Waals surface area contributed by atoms with Gasteiger partial charge >= 0.3 is 0 Å². The molecule has 3 unspecified atom stereocenters. The molecule has 1 aliphatic heterocycles. The van der Waals surface area contributed by atoms with E-state index in [-0.39, 0.29) is 24.3 Å². The number of ether oxygens (including phenoxy) is 1. The summed E-state index contributed by atoms with van der Waals surface area (Å²) in [6.45, 7) is 6.57. The molecule has 4 N–H and O–H groups in total. The number of rotatable bonds is 3. The second-order valence-electron chi connectivity index (χ2n) is 9.75. The number of carbonyl (C=O) groups excluding carboxylic acids is 3. The van der Waals surface area contributed by atoms with E-state index in [2.05, 4.69) is 35.0 Å². The minimum atomic E-state index is -1.08. The first kappa shape index (κ1) is 31.8. The van der Waals surface area contributed by atoms with Crippen molar-refractivity contribution >= 4 is 17.7 Å². The van der Waals surface area contributed by atoms with Crippen molar-refractivity contribution in [3.63, 3.8) is 0 Å².